The van der Waals surface area contributed by atoms with Gasteiger partial charge < -0.3 is 14.8 Å². The van der Waals surface area contributed by atoms with Gasteiger partial charge in [-0.05, 0) is 43.7 Å². The van der Waals surface area contributed by atoms with Crippen LogP contribution in [0.4, 0.5) is 5.69 Å². The fourth-order valence-corrected chi connectivity index (χ4v) is 3.74. The molecule has 0 unspecified atom stereocenters. The highest BCUT2D eigenvalue weighted by atomic mass is 35.5. The molecule has 0 bridgehead atoms. The number of aryl methyl sites for hydroxylation is 1. The van der Waals surface area contributed by atoms with Gasteiger partial charge in [-0.15, -0.1) is 0 Å². The highest BCUT2D eigenvalue weighted by molar-refractivity contribution is 7.92. The molecule has 0 aliphatic carbocycles. The minimum atomic E-state index is -3.70. The normalized spacial score (nSPS) is 12.2. The van der Waals surface area contributed by atoms with Crippen molar-refractivity contribution in [3.05, 3.63) is 53.1 Å². The van der Waals surface area contributed by atoms with Crippen LogP contribution >= 0.6 is 11.6 Å². The lowest BCUT2D eigenvalue weighted by Gasteiger charge is -2.23. The van der Waals surface area contributed by atoms with Crippen molar-refractivity contribution in [3.8, 4) is 11.5 Å². The smallest absolute Gasteiger partial charge is 0.241 e. The number of amides is 1. The molecule has 0 heterocycles. The van der Waals surface area contributed by atoms with Crippen LogP contribution in [0.15, 0.2) is 42.5 Å². The van der Waals surface area contributed by atoms with E-state index < -0.39 is 15.9 Å². The van der Waals surface area contributed by atoms with Gasteiger partial charge in [0.25, 0.3) is 0 Å². The van der Waals surface area contributed by atoms with Crippen LogP contribution in [0.1, 0.15) is 12.5 Å². The zero-order chi connectivity index (χ0) is 21.6. The summed E-state index contributed by atoms with van der Waals surface area (Å²) in [5, 5.41) is 3.00. The molecule has 29 heavy (non-hydrogen) atoms. The van der Waals surface area contributed by atoms with Crippen LogP contribution < -0.4 is 19.1 Å². The Labute approximate surface area is 176 Å². The Morgan fingerprint density at radius 2 is 1.90 bits per heavy atom. The number of nitrogens with one attached hydrogen (secondary N) is 1. The van der Waals surface area contributed by atoms with E-state index in [-0.39, 0.29) is 29.9 Å². The number of anilines is 1. The first-order chi connectivity index (χ1) is 13.6. The Morgan fingerprint density at radius 1 is 1.21 bits per heavy atom. The summed E-state index contributed by atoms with van der Waals surface area (Å²) in [7, 11) is -2.24. The fraction of sp³-hybridized carbons (Fsp3) is 0.350. The number of benzene rings is 2. The zero-order valence-corrected chi connectivity index (χ0v) is 18.4. The predicted molar refractivity (Wildman–Crippen MR) is 114 cm³/mol. The van der Waals surface area contributed by atoms with Crippen LogP contribution in [0.2, 0.25) is 5.02 Å². The second-order valence-corrected chi connectivity index (χ2v) is 8.95. The Hall–Kier alpha value is -2.45. The van der Waals surface area contributed by atoms with Crippen molar-refractivity contribution in [1.29, 1.82) is 0 Å². The number of nitrogens with zero attached hydrogens (tertiary/aromatic N) is 1. The van der Waals surface area contributed by atoms with Gasteiger partial charge in [0, 0.05) is 0 Å². The summed E-state index contributed by atoms with van der Waals surface area (Å²) in [5.74, 6) is 0.692. The molecule has 0 saturated carbocycles. The molecule has 0 saturated heterocycles. The number of hydrogen-bond donors (Lipinski definition) is 1. The van der Waals surface area contributed by atoms with E-state index in [0.29, 0.717) is 5.75 Å². The van der Waals surface area contributed by atoms with Crippen LogP contribution in [-0.2, 0) is 14.8 Å². The van der Waals surface area contributed by atoms with E-state index in [1.54, 1.807) is 13.0 Å². The van der Waals surface area contributed by atoms with Crippen molar-refractivity contribution in [2.24, 2.45) is 0 Å². The van der Waals surface area contributed by atoms with Crippen molar-refractivity contribution >= 4 is 33.2 Å². The van der Waals surface area contributed by atoms with E-state index in [2.05, 4.69) is 5.32 Å². The number of sulfonamides is 1. The number of carbonyl (C=O) groups excluding carboxylic acids is 1. The largest absolute Gasteiger partial charge is 0.495 e. The molecule has 0 aliphatic rings. The van der Waals surface area contributed by atoms with Gasteiger partial charge in [0.15, 0.2) is 0 Å². The Morgan fingerprint density at radius 3 is 2.48 bits per heavy atom. The molecule has 2 aromatic rings. The highest BCUT2D eigenvalue weighted by Crippen LogP contribution is 2.30. The van der Waals surface area contributed by atoms with Gasteiger partial charge in [0.2, 0.25) is 15.9 Å². The number of methoxy groups -OCH3 is 1. The van der Waals surface area contributed by atoms with E-state index in [9.17, 15) is 13.2 Å². The van der Waals surface area contributed by atoms with Crippen LogP contribution in [0.5, 0.6) is 11.5 Å². The van der Waals surface area contributed by atoms with Crippen LogP contribution in [-0.4, -0.2) is 46.9 Å². The summed E-state index contributed by atoms with van der Waals surface area (Å²) in [6.07, 6.45) is 1.03. The molecule has 0 radical (unpaired) electrons. The summed E-state index contributed by atoms with van der Waals surface area (Å²) < 4.78 is 36.2. The third-order valence-electron chi connectivity index (χ3n) is 4.10. The maximum Gasteiger partial charge on any atom is 0.241 e. The van der Waals surface area contributed by atoms with Gasteiger partial charge in [0.05, 0.1) is 30.1 Å². The van der Waals surface area contributed by atoms with Gasteiger partial charge in [-0.1, -0.05) is 29.8 Å². The molecule has 9 heteroatoms. The average Bonchev–Trinajstić information content (AvgIpc) is 2.64. The lowest BCUT2D eigenvalue weighted by Crippen LogP contribution is -2.44. The summed E-state index contributed by atoms with van der Waals surface area (Å²) >= 11 is 6.09. The second kappa shape index (κ2) is 9.84. The van der Waals surface area contributed by atoms with E-state index in [4.69, 9.17) is 21.1 Å². The molecule has 1 N–H and O–H groups in total. The van der Waals surface area contributed by atoms with E-state index in [1.165, 1.54) is 19.2 Å². The molecule has 0 fully saturated rings. The first-order valence-electron chi connectivity index (χ1n) is 8.91. The van der Waals surface area contributed by atoms with Crippen molar-refractivity contribution in [2.45, 2.75) is 19.9 Å². The number of rotatable bonds is 9. The standard InChI is InChI=1S/C20H25ClN2O5S/c1-14-7-5-6-8-18(14)28-13-15(2)22-20(24)12-23(29(4,25)26)16-9-10-19(27-3)17(21)11-16/h5-11,15H,12-13H2,1-4H3,(H,22,24)/t15-/m0/s1. The lowest BCUT2D eigenvalue weighted by molar-refractivity contribution is -0.120. The Balaban J connectivity index is 2.03. The lowest BCUT2D eigenvalue weighted by atomic mass is 10.2. The SMILES string of the molecule is COc1ccc(N(CC(=O)N[C@@H](C)COc2ccccc2C)S(C)(=O)=O)cc1Cl. The molecular formula is C20H25ClN2O5S. The first-order valence-corrected chi connectivity index (χ1v) is 11.1. The van der Waals surface area contributed by atoms with Crippen LogP contribution in [0, 0.1) is 6.92 Å². The van der Waals surface area contributed by atoms with Crippen molar-refractivity contribution in [1.82, 2.24) is 5.32 Å². The molecular weight excluding hydrogens is 416 g/mol. The second-order valence-electron chi connectivity index (χ2n) is 6.63. The minimum absolute atomic E-state index is 0.249. The average molecular weight is 441 g/mol. The quantitative estimate of drug-likeness (QED) is 0.647. The maximum absolute atomic E-state index is 12.4. The van der Waals surface area contributed by atoms with E-state index in [0.717, 1.165) is 21.9 Å². The number of ether oxygens (including phenoxy) is 2. The maximum atomic E-state index is 12.4. The van der Waals surface area contributed by atoms with Crippen molar-refractivity contribution < 1.29 is 22.7 Å². The molecule has 158 valence electrons. The number of carbonyl (C=O) groups is 1. The Kier molecular flexibility index (Phi) is 7.75. The van der Waals surface area contributed by atoms with Gasteiger partial charge in [-0.25, -0.2) is 8.42 Å². The van der Waals surface area contributed by atoms with Gasteiger partial charge >= 0.3 is 0 Å². The van der Waals surface area contributed by atoms with E-state index in [1.807, 2.05) is 31.2 Å². The molecule has 0 aromatic heterocycles. The topological polar surface area (TPSA) is 84.9 Å². The third kappa shape index (κ3) is 6.54. The monoisotopic (exact) mass is 440 g/mol. The summed E-state index contributed by atoms with van der Waals surface area (Å²) in [6, 6.07) is 11.8. The molecule has 1 amide bonds. The summed E-state index contributed by atoms with van der Waals surface area (Å²) in [4.78, 5) is 12.4. The Bertz CT molecular complexity index is 965. The molecule has 1 atom stereocenters. The van der Waals surface area contributed by atoms with Gasteiger partial charge in [-0.3, -0.25) is 9.10 Å². The van der Waals surface area contributed by atoms with Gasteiger partial charge in [0.1, 0.15) is 24.7 Å². The zero-order valence-electron chi connectivity index (χ0n) is 16.8. The number of halogens is 1. The number of para-hydroxylation sites is 1. The van der Waals surface area contributed by atoms with Crippen molar-refractivity contribution in [3.63, 3.8) is 0 Å². The molecule has 7 nitrogen and oxygen atoms in total. The molecule has 0 spiro atoms. The van der Waals surface area contributed by atoms with E-state index >= 15 is 0 Å². The third-order valence-corrected chi connectivity index (χ3v) is 5.54. The molecule has 2 aromatic carbocycles. The summed E-state index contributed by atoms with van der Waals surface area (Å²) in [5.41, 5.74) is 1.27. The fourth-order valence-electron chi connectivity index (χ4n) is 2.64. The van der Waals surface area contributed by atoms with Crippen molar-refractivity contribution in [2.75, 3.05) is 30.8 Å². The first kappa shape index (κ1) is 22.8. The van der Waals surface area contributed by atoms with Crippen LogP contribution in [0.3, 0.4) is 0 Å². The summed E-state index contributed by atoms with van der Waals surface area (Å²) in [6.45, 7) is 3.59. The molecule has 0 aliphatic heterocycles. The highest BCUT2D eigenvalue weighted by Gasteiger charge is 2.22. The minimum Gasteiger partial charge on any atom is -0.495 e. The predicted octanol–water partition coefficient (Wildman–Crippen LogP) is 3.01. The number of hydrogen-bond acceptors (Lipinski definition) is 5. The van der Waals surface area contributed by atoms with Crippen LogP contribution in [0.25, 0.3) is 0 Å². The van der Waals surface area contributed by atoms with Gasteiger partial charge in [-0.2, -0.15) is 0 Å². The molecule has 2 rings (SSSR count).